The van der Waals surface area contributed by atoms with Crippen LogP contribution in [0.25, 0.3) is 0 Å². The molecule has 0 atom stereocenters. The highest BCUT2D eigenvalue weighted by molar-refractivity contribution is 5.58. The molecule has 0 bridgehead atoms. The van der Waals surface area contributed by atoms with Crippen molar-refractivity contribution in [2.75, 3.05) is 11.9 Å². The lowest BCUT2D eigenvalue weighted by Crippen LogP contribution is -2.02. The first kappa shape index (κ1) is 11.5. The summed E-state index contributed by atoms with van der Waals surface area (Å²) in [7, 11) is 0. The highest BCUT2D eigenvalue weighted by Crippen LogP contribution is 2.26. The molecule has 0 aliphatic carbocycles. The molecule has 4 nitrogen and oxygen atoms in total. The zero-order valence-corrected chi connectivity index (χ0v) is 9.33. The van der Waals surface area contributed by atoms with Gasteiger partial charge in [0.15, 0.2) is 0 Å². The van der Waals surface area contributed by atoms with Gasteiger partial charge in [0.2, 0.25) is 0 Å². The number of hydrogen-bond donors (Lipinski definition) is 1. The van der Waals surface area contributed by atoms with Gasteiger partial charge < -0.3 is 5.32 Å². The largest absolute Gasteiger partial charge is 0.385 e. The molecule has 0 unspecified atom stereocenters. The molecule has 1 rings (SSSR count). The van der Waals surface area contributed by atoms with Crippen molar-refractivity contribution in [2.45, 2.75) is 27.2 Å². The van der Waals surface area contributed by atoms with Crippen LogP contribution in [0.3, 0.4) is 0 Å². The predicted molar refractivity (Wildman–Crippen MR) is 61.4 cm³/mol. The molecule has 0 amide bonds. The van der Waals surface area contributed by atoms with Crippen molar-refractivity contribution in [1.29, 1.82) is 0 Å². The molecular weight excluding hydrogens is 192 g/mol. The van der Waals surface area contributed by atoms with Crippen molar-refractivity contribution in [3.8, 4) is 0 Å². The third-order valence-corrected chi connectivity index (χ3v) is 2.25. The average molecular weight is 208 g/mol. The summed E-state index contributed by atoms with van der Waals surface area (Å²) in [5.41, 5.74) is 2.59. The molecule has 0 aliphatic rings. The summed E-state index contributed by atoms with van der Waals surface area (Å²) < 4.78 is 0. The maximum absolute atomic E-state index is 10.8. The van der Waals surface area contributed by atoms with Gasteiger partial charge in [0, 0.05) is 23.4 Å². The smallest absolute Gasteiger partial charge is 0.275 e. The van der Waals surface area contributed by atoms with Gasteiger partial charge in [-0.1, -0.05) is 6.92 Å². The second-order valence-electron chi connectivity index (χ2n) is 3.64. The van der Waals surface area contributed by atoms with Crippen molar-refractivity contribution in [3.63, 3.8) is 0 Å². The Morgan fingerprint density at radius 1 is 1.33 bits per heavy atom. The van der Waals surface area contributed by atoms with Crippen LogP contribution < -0.4 is 5.32 Å². The second kappa shape index (κ2) is 4.77. The average Bonchev–Trinajstić information content (AvgIpc) is 2.12. The third-order valence-electron chi connectivity index (χ3n) is 2.25. The van der Waals surface area contributed by atoms with Crippen LogP contribution in [0.15, 0.2) is 12.1 Å². The van der Waals surface area contributed by atoms with Gasteiger partial charge in [0.1, 0.15) is 0 Å². The van der Waals surface area contributed by atoms with E-state index in [4.69, 9.17) is 0 Å². The maximum Gasteiger partial charge on any atom is 0.275 e. The lowest BCUT2D eigenvalue weighted by Gasteiger charge is -2.08. The number of nitro benzene ring substituents is 1. The Bertz CT molecular complexity index is 352. The lowest BCUT2D eigenvalue weighted by atomic mass is 10.1. The summed E-state index contributed by atoms with van der Waals surface area (Å²) in [5, 5.41) is 14.0. The first-order valence-corrected chi connectivity index (χ1v) is 5.05. The lowest BCUT2D eigenvalue weighted by molar-refractivity contribution is -0.386. The number of anilines is 1. The minimum Gasteiger partial charge on any atom is -0.385 e. The van der Waals surface area contributed by atoms with Gasteiger partial charge in [-0.25, -0.2) is 0 Å². The Kier molecular flexibility index (Phi) is 3.66. The van der Waals surface area contributed by atoms with E-state index >= 15 is 0 Å². The Labute approximate surface area is 89.5 Å². The minimum atomic E-state index is -0.325. The number of hydrogen-bond acceptors (Lipinski definition) is 3. The summed E-state index contributed by atoms with van der Waals surface area (Å²) >= 11 is 0. The van der Waals surface area contributed by atoms with Crippen LogP contribution in [-0.2, 0) is 0 Å². The van der Waals surface area contributed by atoms with Gasteiger partial charge >= 0.3 is 0 Å². The highest BCUT2D eigenvalue weighted by atomic mass is 16.6. The van der Waals surface area contributed by atoms with E-state index in [1.165, 1.54) is 0 Å². The summed E-state index contributed by atoms with van der Waals surface area (Å²) in [5.74, 6) is 0. The van der Waals surface area contributed by atoms with E-state index in [1.54, 1.807) is 13.8 Å². The van der Waals surface area contributed by atoms with Crippen molar-refractivity contribution in [1.82, 2.24) is 0 Å². The van der Waals surface area contributed by atoms with Crippen LogP contribution in [0.1, 0.15) is 24.5 Å². The molecule has 0 spiro atoms. The van der Waals surface area contributed by atoms with Crippen LogP contribution in [-0.4, -0.2) is 11.5 Å². The fourth-order valence-corrected chi connectivity index (χ4v) is 1.62. The molecule has 82 valence electrons. The van der Waals surface area contributed by atoms with Crippen LogP contribution in [0, 0.1) is 24.0 Å². The molecule has 0 aromatic heterocycles. The molecule has 0 aliphatic heterocycles. The van der Waals surface area contributed by atoms with E-state index in [2.05, 4.69) is 12.2 Å². The van der Waals surface area contributed by atoms with Crippen LogP contribution in [0.5, 0.6) is 0 Å². The quantitative estimate of drug-likeness (QED) is 0.611. The molecular formula is C11H16N2O2. The summed E-state index contributed by atoms with van der Waals surface area (Å²) in [6, 6.07) is 3.64. The van der Waals surface area contributed by atoms with Crippen molar-refractivity contribution in [3.05, 3.63) is 33.4 Å². The second-order valence-corrected chi connectivity index (χ2v) is 3.64. The van der Waals surface area contributed by atoms with Gasteiger partial charge in [-0.05, 0) is 32.4 Å². The molecule has 1 N–H and O–H groups in total. The van der Waals surface area contributed by atoms with Crippen molar-refractivity contribution < 1.29 is 4.92 Å². The number of rotatable bonds is 4. The normalized spacial score (nSPS) is 10.1. The number of nitrogens with one attached hydrogen (secondary N) is 1. The highest BCUT2D eigenvalue weighted by Gasteiger charge is 2.14. The zero-order chi connectivity index (χ0) is 11.4. The van der Waals surface area contributed by atoms with Crippen LogP contribution >= 0.6 is 0 Å². The van der Waals surface area contributed by atoms with Crippen LogP contribution in [0.4, 0.5) is 11.4 Å². The monoisotopic (exact) mass is 208 g/mol. The van der Waals surface area contributed by atoms with Gasteiger partial charge in [-0.2, -0.15) is 0 Å². The maximum atomic E-state index is 10.8. The van der Waals surface area contributed by atoms with Crippen molar-refractivity contribution >= 4 is 11.4 Å². The molecule has 0 heterocycles. The number of nitrogens with zero attached hydrogens (tertiary/aromatic N) is 1. The summed E-state index contributed by atoms with van der Waals surface area (Å²) in [6.45, 7) is 6.50. The van der Waals surface area contributed by atoms with Gasteiger partial charge in [0.05, 0.1) is 4.92 Å². The van der Waals surface area contributed by atoms with E-state index in [0.717, 1.165) is 18.7 Å². The topological polar surface area (TPSA) is 55.2 Å². The molecule has 1 aromatic carbocycles. The van der Waals surface area contributed by atoms with E-state index in [0.29, 0.717) is 11.1 Å². The zero-order valence-electron chi connectivity index (χ0n) is 9.33. The van der Waals surface area contributed by atoms with Gasteiger partial charge in [-0.3, -0.25) is 10.1 Å². The van der Waals surface area contributed by atoms with Gasteiger partial charge in [-0.15, -0.1) is 0 Å². The third kappa shape index (κ3) is 2.68. The molecule has 0 saturated carbocycles. The summed E-state index contributed by atoms with van der Waals surface area (Å²) in [6.07, 6.45) is 1.04. The number of nitro groups is 1. The predicted octanol–water partition coefficient (Wildman–Crippen LogP) is 3.03. The first-order valence-electron chi connectivity index (χ1n) is 5.05. The molecule has 1 aromatic rings. The fraction of sp³-hybridized carbons (Fsp3) is 0.455. The van der Waals surface area contributed by atoms with Crippen molar-refractivity contribution in [2.24, 2.45) is 0 Å². The number of aryl methyl sites for hydroxylation is 2. The number of benzene rings is 1. The fourth-order valence-electron chi connectivity index (χ4n) is 1.62. The molecule has 15 heavy (non-hydrogen) atoms. The summed E-state index contributed by atoms with van der Waals surface area (Å²) in [4.78, 5) is 10.4. The Morgan fingerprint density at radius 3 is 2.27 bits per heavy atom. The first-order chi connectivity index (χ1) is 7.06. The molecule has 0 radical (unpaired) electrons. The SMILES string of the molecule is CCCNc1cc(C)c([N+](=O)[O-])c(C)c1. The minimum absolute atomic E-state index is 0.219. The Morgan fingerprint density at radius 2 is 1.87 bits per heavy atom. The molecule has 4 heteroatoms. The van der Waals surface area contributed by atoms with E-state index < -0.39 is 0 Å². The molecule has 0 fully saturated rings. The van der Waals surface area contributed by atoms with E-state index in [9.17, 15) is 10.1 Å². The standard InChI is InChI=1S/C11H16N2O2/c1-4-5-12-10-6-8(2)11(13(14)15)9(3)7-10/h6-7,12H,4-5H2,1-3H3. The van der Waals surface area contributed by atoms with E-state index in [-0.39, 0.29) is 10.6 Å². The Hall–Kier alpha value is -1.58. The van der Waals surface area contributed by atoms with E-state index in [1.807, 2.05) is 12.1 Å². The van der Waals surface area contributed by atoms with Crippen LogP contribution in [0.2, 0.25) is 0 Å². The molecule has 0 saturated heterocycles. The van der Waals surface area contributed by atoms with Gasteiger partial charge in [0.25, 0.3) is 5.69 Å². The Balaban J connectivity index is 3.03.